The van der Waals surface area contributed by atoms with E-state index in [1.54, 1.807) is 0 Å². The first-order chi connectivity index (χ1) is 5.29. The molecule has 0 saturated carbocycles. The van der Waals surface area contributed by atoms with Gasteiger partial charge in [-0.2, -0.15) is 5.10 Å². The Balaban J connectivity index is 2.45. The lowest BCUT2D eigenvalue weighted by Crippen LogP contribution is -1.99. The molecule has 58 valence electrons. The van der Waals surface area contributed by atoms with Crippen LogP contribution in [0.4, 0.5) is 0 Å². The number of thioether (sulfide) groups is 1. The van der Waals surface area contributed by atoms with Crippen molar-refractivity contribution >= 4 is 17.7 Å². The third kappa shape index (κ3) is 2.94. The van der Waals surface area contributed by atoms with Crippen LogP contribution >= 0.6 is 11.8 Å². The molecule has 0 amide bonds. The summed E-state index contributed by atoms with van der Waals surface area (Å²) >= 11 is 1.04. The Morgan fingerprint density at radius 1 is 1.64 bits per heavy atom. The molecule has 1 aromatic rings. The molecule has 0 radical (unpaired) electrons. The Morgan fingerprint density at radius 3 is 3.00 bits per heavy atom. The summed E-state index contributed by atoms with van der Waals surface area (Å²) in [5, 5.41) is 15.8. The van der Waals surface area contributed by atoms with Crippen LogP contribution < -0.4 is 0 Å². The van der Waals surface area contributed by atoms with E-state index in [-0.39, 0.29) is 5.75 Å². The van der Waals surface area contributed by atoms with Crippen molar-refractivity contribution in [3.8, 4) is 0 Å². The van der Waals surface area contributed by atoms with Crippen molar-refractivity contribution in [3.63, 3.8) is 0 Å². The maximum absolute atomic E-state index is 10.1. The number of aromatic nitrogens is 3. The van der Waals surface area contributed by atoms with Crippen LogP contribution in [0.2, 0.25) is 0 Å². The Morgan fingerprint density at radius 2 is 2.45 bits per heavy atom. The number of hydrogen-bond acceptors (Lipinski definition) is 5. The molecule has 5 nitrogen and oxygen atoms in total. The van der Waals surface area contributed by atoms with Gasteiger partial charge in [-0.05, 0) is 0 Å². The smallest absolute Gasteiger partial charge is 0.313 e. The topological polar surface area (TPSA) is 76.0 Å². The molecular formula is C5H5N3O2S. The third-order valence-electron chi connectivity index (χ3n) is 0.786. The number of rotatable bonds is 3. The molecule has 0 saturated heterocycles. The van der Waals surface area contributed by atoms with E-state index in [0.717, 1.165) is 11.8 Å². The van der Waals surface area contributed by atoms with Crippen molar-refractivity contribution in [3.05, 3.63) is 12.4 Å². The number of hydrogen-bond donors (Lipinski definition) is 1. The quantitative estimate of drug-likeness (QED) is 0.647. The molecule has 11 heavy (non-hydrogen) atoms. The predicted molar refractivity (Wildman–Crippen MR) is 38.2 cm³/mol. The Kier molecular flexibility index (Phi) is 2.79. The van der Waals surface area contributed by atoms with Crippen LogP contribution in [0.5, 0.6) is 0 Å². The number of carboxylic acids is 1. The molecule has 0 fully saturated rings. The molecule has 0 bridgehead atoms. The summed E-state index contributed by atoms with van der Waals surface area (Å²) < 4.78 is 0. The second-order valence-electron chi connectivity index (χ2n) is 1.61. The SMILES string of the molecule is O=C(O)CSc1nccnn1. The minimum atomic E-state index is -0.887. The average molecular weight is 171 g/mol. The first-order valence-corrected chi connectivity index (χ1v) is 3.76. The van der Waals surface area contributed by atoms with Crippen LogP contribution in [0.15, 0.2) is 17.6 Å². The summed E-state index contributed by atoms with van der Waals surface area (Å²) in [5.41, 5.74) is 0. The van der Waals surface area contributed by atoms with Crippen molar-refractivity contribution in [1.82, 2.24) is 15.2 Å². The molecule has 0 aromatic carbocycles. The first-order valence-electron chi connectivity index (χ1n) is 2.77. The number of carbonyl (C=O) groups is 1. The van der Waals surface area contributed by atoms with E-state index in [4.69, 9.17) is 5.11 Å². The predicted octanol–water partition coefficient (Wildman–Crippen LogP) is 0.0483. The van der Waals surface area contributed by atoms with Gasteiger partial charge in [-0.1, -0.05) is 11.8 Å². The fourth-order valence-corrected chi connectivity index (χ4v) is 0.921. The standard InChI is InChI=1S/C5H5N3O2S/c9-4(10)3-11-5-6-1-2-7-8-5/h1-2H,3H2,(H,9,10). The van der Waals surface area contributed by atoms with Crippen molar-refractivity contribution in [2.45, 2.75) is 5.16 Å². The lowest BCUT2D eigenvalue weighted by atomic mass is 10.8. The van der Waals surface area contributed by atoms with E-state index in [1.807, 2.05) is 0 Å². The highest BCUT2D eigenvalue weighted by Gasteiger charge is 2.00. The Bertz CT molecular complexity index is 241. The van der Waals surface area contributed by atoms with Gasteiger partial charge >= 0.3 is 5.97 Å². The van der Waals surface area contributed by atoms with Gasteiger partial charge < -0.3 is 5.11 Å². The van der Waals surface area contributed by atoms with Gasteiger partial charge in [-0.3, -0.25) is 4.79 Å². The second-order valence-corrected chi connectivity index (χ2v) is 2.55. The number of nitrogens with zero attached hydrogens (tertiary/aromatic N) is 3. The highest BCUT2D eigenvalue weighted by Crippen LogP contribution is 2.08. The zero-order valence-electron chi connectivity index (χ0n) is 5.47. The third-order valence-corrected chi connectivity index (χ3v) is 1.62. The zero-order valence-corrected chi connectivity index (χ0v) is 6.28. The lowest BCUT2D eigenvalue weighted by Gasteiger charge is -1.91. The largest absolute Gasteiger partial charge is 0.481 e. The Hall–Kier alpha value is -1.17. The molecule has 1 rings (SSSR count). The minimum absolute atomic E-state index is 0.0360. The molecule has 1 aromatic heterocycles. The van der Waals surface area contributed by atoms with E-state index in [0.29, 0.717) is 5.16 Å². The van der Waals surface area contributed by atoms with E-state index in [1.165, 1.54) is 12.4 Å². The molecular weight excluding hydrogens is 166 g/mol. The number of carboxylic acid groups (broad SMARTS) is 1. The molecule has 0 atom stereocenters. The minimum Gasteiger partial charge on any atom is -0.481 e. The van der Waals surface area contributed by atoms with Crippen molar-refractivity contribution in [1.29, 1.82) is 0 Å². The Labute approximate surface area is 66.9 Å². The van der Waals surface area contributed by atoms with Gasteiger partial charge in [0, 0.05) is 0 Å². The molecule has 0 aliphatic carbocycles. The summed E-state index contributed by atoms with van der Waals surface area (Å²) in [4.78, 5) is 13.9. The van der Waals surface area contributed by atoms with E-state index in [9.17, 15) is 4.79 Å². The number of aliphatic carboxylic acids is 1. The molecule has 1 heterocycles. The van der Waals surface area contributed by atoms with Gasteiger partial charge in [0.25, 0.3) is 0 Å². The molecule has 6 heteroatoms. The maximum atomic E-state index is 10.1. The van der Waals surface area contributed by atoms with Crippen LogP contribution in [0, 0.1) is 0 Å². The van der Waals surface area contributed by atoms with E-state index >= 15 is 0 Å². The zero-order chi connectivity index (χ0) is 8.10. The van der Waals surface area contributed by atoms with Crippen LogP contribution in [-0.4, -0.2) is 32.0 Å². The molecule has 0 aliphatic rings. The summed E-state index contributed by atoms with van der Waals surface area (Å²) in [7, 11) is 0. The monoisotopic (exact) mass is 171 g/mol. The summed E-state index contributed by atoms with van der Waals surface area (Å²) in [6.07, 6.45) is 2.90. The van der Waals surface area contributed by atoms with Crippen molar-refractivity contribution in [2.24, 2.45) is 0 Å². The fraction of sp³-hybridized carbons (Fsp3) is 0.200. The second kappa shape index (κ2) is 3.87. The van der Waals surface area contributed by atoms with E-state index < -0.39 is 5.97 Å². The van der Waals surface area contributed by atoms with Gasteiger partial charge in [0.15, 0.2) is 0 Å². The molecule has 0 aliphatic heterocycles. The van der Waals surface area contributed by atoms with Gasteiger partial charge in [-0.25, -0.2) is 4.98 Å². The van der Waals surface area contributed by atoms with Gasteiger partial charge in [0.2, 0.25) is 5.16 Å². The van der Waals surface area contributed by atoms with Crippen LogP contribution in [0.25, 0.3) is 0 Å². The van der Waals surface area contributed by atoms with Gasteiger partial charge in [-0.15, -0.1) is 5.10 Å². The normalized spacial score (nSPS) is 9.45. The van der Waals surface area contributed by atoms with Gasteiger partial charge in [0.05, 0.1) is 18.1 Å². The summed E-state index contributed by atoms with van der Waals surface area (Å²) in [6.45, 7) is 0. The first kappa shape index (κ1) is 7.93. The van der Waals surface area contributed by atoms with E-state index in [2.05, 4.69) is 15.2 Å². The fourth-order valence-electron chi connectivity index (χ4n) is 0.428. The average Bonchev–Trinajstić information content (AvgIpc) is 2.03. The molecule has 0 unspecified atom stereocenters. The van der Waals surface area contributed by atoms with Crippen LogP contribution in [0.1, 0.15) is 0 Å². The van der Waals surface area contributed by atoms with Gasteiger partial charge in [0.1, 0.15) is 0 Å². The lowest BCUT2D eigenvalue weighted by molar-refractivity contribution is -0.133. The summed E-state index contributed by atoms with van der Waals surface area (Å²) in [6, 6.07) is 0. The van der Waals surface area contributed by atoms with Crippen molar-refractivity contribution in [2.75, 3.05) is 5.75 Å². The highest BCUT2D eigenvalue weighted by molar-refractivity contribution is 7.99. The maximum Gasteiger partial charge on any atom is 0.313 e. The highest BCUT2D eigenvalue weighted by atomic mass is 32.2. The van der Waals surface area contributed by atoms with Crippen molar-refractivity contribution < 1.29 is 9.90 Å². The van der Waals surface area contributed by atoms with Crippen LogP contribution in [-0.2, 0) is 4.79 Å². The summed E-state index contributed by atoms with van der Waals surface area (Å²) in [5.74, 6) is -0.923. The molecule has 0 spiro atoms. The van der Waals surface area contributed by atoms with Crippen LogP contribution in [0.3, 0.4) is 0 Å². The molecule has 1 N–H and O–H groups in total.